The number of amides is 2. The van der Waals surface area contributed by atoms with E-state index in [0.717, 1.165) is 16.8 Å². The second-order valence-electron chi connectivity index (χ2n) is 7.99. The van der Waals surface area contributed by atoms with Gasteiger partial charge in [0, 0.05) is 17.3 Å². The van der Waals surface area contributed by atoms with Crippen LogP contribution in [0.15, 0.2) is 78.9 Å². The van der Waals surface area contributed by atoms with E-state index < -0.39 is 6.04 Å². The Balaban J connectivity index is 1.58. The summed E-state index contributed by atoms with van der Waals surface area (Å²) in [5, 5.41) is 4.14. The summed E-state index contributed by atoms with van der Waals surface area (Å²) < 4.78 is 0. The molecule has 0 radical (unpaired) electrons. The topological polar surface area (TPSA) is 52.7 Å². The maximum Gasteiger partial charge on any atom is 0.257 e. The fourth-order valence-electron chi connectivity index (χ4n) is 3.88. The first-order chi connectivity index (χ1) is 15.9. The summed E-state index contributed by atoms with van der Waals surface area (Å²) in [6, 6.07) is 23.9. The SMILES string of the molecule is Cc1ccc(N2C(=O)C[C@@H](N(CCc3ccccc3)C(=S)Nc3cccc(Cl)c3)C2=O)cc1. The summed E-state index contributed by atoms with van der Waals surface area (Å²) in [5.41, 5.74) is 3.49. The molecule has 0 bridgehead atoms. The number of carbonyl (C=O) groups is 2. The average Bonchev–Trinajstić information content (AvgIpc) is 3.09. The molecule has 1 aliphatic rings. The molecule has 3 aromatic rings. The van der Waals surface area contributed by atoms with Crippen LogP contribution in [0.4, 0.5) is 11.4 Å². The van der Waals surface area contributed by atoms with E-state index in [0.29, 0.717) is 28.8 Å². The van der Waals surface area contributed by atoms with Gasteiger partial charge in [-0.2, -0.15) is 0 Å². The third-order valence-electron chi connectivity index (χ3n) is 5.61. The quantitative estimate of drug-likeness (QED) is 0.389. The molecule has 0 spiro atoms. The number of nitrogens with one attached hydrogen (secondary N) is 1. The zero-order valence-corrected chi connectivity index (χ0v) is 19.8. The fraction of sp³-hybridized carbons (Fsp3) is 0.192. The van der Waals surface area contributed by atoms with Gasteiger partial charge in [0.15, 0.2) is 5.11 Å². The smallest absolute Gasteiger partial charge is 0.257 e. The van der Waals surface area contributed by atoms with Gasteiger partial charge in [-0.1, -0.05) is 65.7 Å². The number of carbonyl (C=O) groups excluding carboxylic acids is 2. The zero-order chi connectivity index (χ0) is 23.4. The van der Waals surface area contributed by atoms with E-state index in [1.807, 2.05) is 66.4 Å². The van der Waals surface area contributed by atoms with Gasteiger partial charge < -0.3 is 10.2 Å². The first-order valence-corrected chi connectivity index (χ1v) is 11.5. The molecule has 4 rings (SSSR count). The lowest BCUT2D eigenvalue weighted by molar-refractivity contribution is -0.122. The number of benzene rings is 3. The normalized spacial score (nSPS) is 15.6. The van der Waals surface area contributed by atoms with Crippen molar-refractivity contribution in [2.24, 2.45) is 0 Å². The van der Waals surface area contributed by atoms with Crippen molar-refractivity contribution in [1.29, 1.82) is 0 Å². The van der Waals surface area contributed by atoms with Crippen LogP contribution in [0.5, 0.6) is 0 Å². The van der Waals surface area contributed by atoms with E-state index in [9.17, 15) is 9.59 Å². The Morgan fingerprint density at radius 3 is 2.48 bits per heavy atom. The van der Waals surface area contributed by atoms with E-state index >= 15 is 0 Å². The zero-order valence-electron chi connectivity index (χ0n) is 18.2. The highest BCUT2D eigenvalue weighted by Gasteiger charge is 2.43. The van der Waals surface area contributed by atoms with Crippen molar-refractivity contribution in [2.75, 3.05) is 16.8 Å². The maximum absolute atomic E-state index is 13.4. The monoisotopic (exact) mass is 477 g/mol. The number of imide groups is 1. The Morgan fingerprint density at radius 1 is 1.06 bits per heavy atom. The van der Waals surface area contributed by atoms with Crippen molar-refractivity contribution < 1.29 is 9.59 Å². The summed E-state index contributed by atoms with van der Waals surface area (Å²) in [7, 11) is 0. The third kappa shape index (κ3) is 5.41. The minimum absolute atomic E-state index is 0.0683. The number of thiocarbonyl (C=S) groups is 1. The van der Waals surface area contributed by atoms with Crippen LogP contribution in [-0.4, -0.2) is 34.4 Å². The number of halogens is 1. The van der Waals surface area contributed by atoms with Crippen LogP contribution in [-0.2, 0) is 16.0 Å². The molecule has 7 heteroatoms. The highest BCUT2D eigenvalue weighted by Crippen LogP contribution is 2.27. The second-order valence-corrected chi connectivity index (χ2v) is 8.82. The van der Waals surface area contributed by atoms with E-state index in [1.165, 1.54) is 4.90 Å². The van der Waals surface area contributed by atoms with E-state index in [2.05, 4.69) is 5.32 Å². The number of rotatable bonds is 6. The summed E-state index contributed by atoms with van der Waals surface area (Å²) >= 11 is 11.8. The van der Waals surface area contributed by atoms with Gasteiger partial charge in [-0.3, -0.25) is 9.59 Å². The Morgan fingerprint density at radius 2 is 1.79 bits per heavy atom. The molecule has 1 atom stereocenters. The molecule has 1 N–H and O–H groups in total. The minimum atomic E-state index is -0.679. The van der Waals surface area contributed by atoms with Gasteiger partial charge in [-0.05, 0) is 61.5 Å². The molecule has 0 aromatic heterocycles. The van der Waals surface area contributed by atoms with Crippen LogP contribution in [0.2, 0.25) is 5.02 Å². The molecule has 0 unspecified atom stereocenters. The molecule has 33 heavy (non-hydrogen) atoms. The molecular formula is C26H24ClN3O2S. The summed E-state index contributed by atoms with van der Waals surface area (Å²) in [5.74, 6) is -0.503. The minimum Gasteiger partial charge on any atom is -0.336 e. The highest BCUT2D eigenvalue weighted by molar-refractivity contribution is 7.80. The lowest BCUT2D eigenvalue weighted by atomic mass is 10.1. The van der Waals surface area contributed by atoms with Gasteiger partial charge in [-0.25, -0.2) is 4.90 Å². The van der Waals surface area contributed by atoms with Crippen LogP contribution < -0.4 is 10.2 Å². The van der Waals surface area contributed by atoms with Gasteiger partial charge in [0.05, 0.1) is 12.1 Å². The predicted molar refractivity (Wildman–Crippen MR) is 137 cm³/mol. The first-order valence-electron chi connectivity index (χ1n) is 10.7. The second kappa shape index (κ2) is 10.1. The van der Waals surface area contributed by atoms with Gasteiger partial charge in [0.25, 0.3) is 5.91 Å². The molecule has 1 saturated heterocycles. The first kappa shape index (κ1) is 23.0. The van der Waals surface area contributed by atoms with Crippen LogP contribution >= 0.6 is 23.8 Å². The Labute approximate surface area is 204 Å². The van der Waals surface area contributed by atoms with Crippen molar-refractivity contribution in [3.05, 3.63) is 95.0 Å². The van der Waals surface area contributed by atoms with Crippen LogP contribution in [0, 0.1) is 6.92 Å². The van der Waals surface area contributed by atoms with E-state index in [4.69, 9.17) is 23.8 Å². The lowest BCUT2D eigenvalue weighted by Gasteiger charge is -2.30. The molecule has 0 saturated carbocycles. The number of hydrogen-bond donors (Lipinski definition) is 1. The molecule has 3 aromatic carbocycles. The Bertz CT molecular complexity index is 1170. The molecule has 2 amide bonds. The fourth-order valence-corrected chi connectivity index (χ4v) is 4.41. The summed E-state index contributed by atoms with van der Waals surface area (Å²) in [6.45, 7) is 2.45. The van der Waals surface area contributed by atoms with E-state index in [-0.39, 0.29) is 18.2 Å². The van der Waals surface area contributed by atoms with Gasteiger partial charge in [0.1, 0.15) is 6.04 Å². The number of anilines is 2. The molecule has 1 aliphatic heterocycles. The van der Waals surface area contributed by atoms with Gasteiger partial charge >= 0.3 is 0 Å². The number of hydrogen-bond acceptors (Lipinski definition) is 3. The van der Waals surface area contributed by atoms with Crippen molar-refractivity contribution >= 4 is 52.1 Å². The molecule has 1 heterocycles. The highest BCUT2D eigenvalue weighted by atomic mass is 35.5. The van der Waals surface area contributed by atoms with Crippen molar-refractivity contribution in [3.8, 4) is 0 Å². The molecule has 5 nitrogen and oxygen atoms in total. The van der Waals surface area contributed by atoms with Crippen LogP contribution in [0.1, 0.15) is 17.5 Å². The van der Waals surface area contributed by atoms with Crippen molar-refractivity contribution in [3.63, 3.8) is 0 Å². The van der Waals surface area contributed by atoms with Gasteiger partial charge in [0.2, 0.25) is 5.91 Å². The summed E-state index contributed by atoms with van der Waals surface area (Å²) in [4.78, 5) is 29.4. The lowest BCUT2D eigenvalue weighted by Crippen LogP contribution is -2.48. The van der Waals surface area contributed by atoms with Crippen LogP contribution in [0.3, 0.4) is 0 Å². The molecule has 0 aliphatic carbocycles. The van der Waals surface area contributed by atoms with Crippen LogP contribution in [0.25, 0.3) is 0 Å². The average molecular weight is 478 g/mol. The predicted octanol–water partition coefficient (Wildman–Crippen LogP) is 5.22. The molecule has 1 fully saturated rings. The Hall–Kier alpha value is -3.22. The summed E-state index contributed by atoms with van der Waals surface area (Å²) in [6.07, 6.45) is 0.750. The third-order valence-corrected chi connectivity index (χ3v) is 6.18. The molecular weight excluding hydrogens is 454 g/mol. The van der Waals surface area contributed by atoms with Crippen molar-refractivity contribution in [2.45, 2.75) is 25.8 Å². The van der Waals surface area contributed by atoms with Crippen molar-refractivity contribution in [1.82, 2.24) is 4.90 Å². The number of nitrogens with zero attached hydrogens (tertiary/aromatic N) is 2. The molecule has 168 valence electrons. The van der Waals surface area contributed by atoms with Gasteiger partial charge in [-0.15, -0.1) is 0 Å². The number of aryl methyl sites for hydroxylation is 1. The largest absolute Gasteiger partial charge is 0.336 e. The van der Waals surface area contributed by atoms with E-state index in [1.54, 1.807) is 24.3 Å². The Kier molecular flexibility index (Phi) is 7.06. The standard InChI is InChI=1S/C26H24ClN3O2S/c1-18-10-12-22(13-11-18)30-24(31)17-23(25(30)32)29(15-14-19-6-3-2-4-7-19)26(33)28-21-9-5-8-20(27)16-21/h2-13,16,23H,14-15,17H2,1H3,(H,28,33)/t23-/m1/s1. The maximum atomic E-state index is 13.4.